The molecule has 1 fully saturated rings. The summed E-state index contributed by atoms with van der Waals surface area (Å²) in [6.45, 7) is 0. The van der Waals surface area contributed by atoms with Gasteiger partial charge in [0.1, 0.15) is 0 Å². The van der Waals surface area contributed by atoms with E-state index in [1.54, 1.807) is 12.1 Å². The fourth-order valence-electron chi connectivity index (χ4n) is 1.95. The number of anilines is 1. The fourth-order valence-corrected chi connectivity index (χ4v) is 1.95. The van der Waals surface area contributed by atoms with Crippen LogP contribution in [-0.2, 0) is 4.79 Å². The molecule has 1 unspecified atom stereocenters. The quantitative estimate of drug-likeness (QED) is 0.596. The monoisotopic (exact) mass is 250 g/mol. The van der Waals surface area contributed by atoms with Crippen LogP contribution in [0.3, 0.4) is 0 Å². The molecule has 0 spiro atoms. The van der Waals surface area contributed by atoms with Gasteiger partial charge in [0.2, 0.25) is 0 Å². The minimum absolute atomic E-state index is 0.00451. The van der Waals surface area contributed by atoms with Gasteiger partial charge in [-0.3, -0.25) is 14.9 Å². The summed E-state index contributed by atoms with van der Waals surface area (Å²) in [6.07, 6.45) is 2.06. The summed E-state index contributed by atoms with van der Waals surface area (Å²) in [5.74, 6) is -0.495. The van der Waals surface area contributed by atoms with Gasteiger partial charge < -0.3 is 10.4 Å². The van der Waals surface area contributed by atoms with Gasteiger partial charge in [-0.15, -0.1) is 0 Å². The lowest BCUT2D eigenvalue weighted by Gasteiger charge is -2.17. The Morgan fingerprint density at radius 1 is 1.56 bits per heavy atom. The third kappa shape index (κ3) is 3.19. The third-order valence-electron chi connectivity index (χ3n) is 2.99. The van der Waals surface area contributed by atoms with Crippen LogP contribution in [-0.4, -0.2) is 22.0 Å². The SMILES string of the molecule is O=C(O)CC(Nc1cccc([N+](=O)[O-])c1)C1CC1. The molecule has 6 heteroatoms. The van der Waals surface area contributed by atoms with E-state index >= 15 is 0 Å². The van der Waals surface area contributed by atoms with Crippen molar-refractivity contribution in [3.05, 3.63) is 34.4 Å². The zero-order valence-corrected chi connectivity index (χ0v) is 9.70. The number of rotatable bonds is 6. The van der Waals surface area contributed by atoms with Crippen LogP contribution >= 0.6 is 0 Å². The van der Waals surface area contributed by atoms with Gasteiger partial charge in [0.25, 0.3) is 5.69 Å². The van der Waals surface area contributed by atoms with E-state index in [9.17, 15) is 14.9 Å². The summed E-state index contributed by atoms with van der Waals surface area (Å²) in [7, 11) is 0. The van der Waals surface area contributed by atoms with Crippen molar-refractivity contribution in [2.75, 3.05) is 5.32 Å². The number of hydrogen-bond donors (Lipinski definition) is 2. The lowest BCUT2D eigenvalue weighted by atomic mass is 10.1. The molecular weight excluding hydrogens is 236 g/mol. The molecule has 0 amide bonds. The Balaban J connectivity index is 2.08. The molecule has 0 aliphatic heterocycles. The molecule has 0 saturated heterocycles. The van der Waals surface area contributed by atoms with Crippen molar-refractivity contribution in [2.45, 2.75) is 25.3 Å². The number of hydrogen-bond acceptors (Lipinski definition) is 4. The van der Waals surface area contributed by atoms with Crippen molar-refractivity contribution in [1.82, 2.24) is 0 Å². The molecule has 1 atom stereocenters. The van der Waals surface area contributed by atoms with Gasteiger partial charge >= 0.3 is 5.97 Å². The summed E-state index contributed by atoms with van der Waals surface area (Å²) in [5, 5.41) is 22.6. The van der Waals surface area contributed by atoms with Crippen molar-refractivity contribution >= 4 is 17.3 Å². The van der Waals surface area contributed by atoms with E-state index in [-0.39, 0.29) is 18.2 Å². The van der Waals surface area contributed by atoms with Gasteiger partial charge in [0.05, 0.1) is 11.3 Å². The van der Waals surface area contributed by atoms with Crippen molar-refractivity contribution < 1.29 is 14.8 Å². The number of benzene rings is 1. The van der Waals surface area contributed by atoms with E-state index in [4.69, 9.17) is 5.11 Å². The predicted molar refractivity (Wildman–Crippen MR) is 65.5 cm³/mol. The molecule has 1 aromatic rings. The predicted octanol–water partition coefficient (Wildman–Crippen LogP) is 2.26. The highest BCUT2D eigenvalue weighted by molar-refractivity contribution is 5.68. The maximum atomic E-state index is 10.8. The van der Waals surface area contributed by atoms with Crippen LogP contribution in [0.15, 0.2) is 24.3 Å². The molecule has 1 aliphatic carbocycles. The standard InChI is InChI=1S/C12H14N2O4/c15-12(16)7-11(8-4-5-8)13-9-2-1-3-10(6-9)14(17)18/h1-3,6,8,11,13H,4-5,7H2,(H,15,16). The maximum absolute atomic E-state index is 10.8. The third-order valence-corrected chi connectivity index (χ3v) is 2.99. The highest BCUT2D eigenvalue weighted by Crippen LogP contribution is 2.36. The number of nitrogens with one attached hydrogen (secondary N) is 1. The van der Waals surface area contributed by atoms with Crippen molar-refractivity contribution in [1.29, 1.82) is 0 Å². The van der Waals surface area contributed by atoms with Gasteiger partial charge in [-0.05, 0) is 24.8 Å². The van der Waals surface area contributed by atoms with E-state index in [0.29, 0.717) is 11.6 Å². The van der Waals surface area contributed by atoms with Crippen LogP contribution in [0.2, 0.25) is 0 Å². The summed E-state index contributed by atoms with van der Waals surface area (Å²) in [5.41, 5.74) is 0.604. The topological polar surface area (TPSA) is 92.5 Å². The number of carboxylic acids is 1. The van der Waals surface area contributed by atoms with Crippen molar-refractivity contribution in [2.24, 2.45) is 5.92 Å². The minimum Gasteiger partial charge on any atom is -0.481 e. The van der Waals surface area contributed by atoms with Gasteiger partial charge in [-0.25, -0.2) is 0 Å². The molecule has 2 rings (SSSR count). The molecule has 0 heterocycles. The number of non-ortho nitro benzene ring substituents is 1. The van der Waals surface area contributed by atoms with Crippen LogP contribution in [0, 0.1) is 16.0 Å². The number of carbonyl (C=O) groups is 1. The molecule has 1 aromatic carbocycles. The fraction of sp³-hybridized carbons (Fsp3) is 0.417. The molecule has 1 aliphatic rings. The van der Waals surface area contributed by atoms with Crippen LogP contribution in [0.1, 0.15) is 19.3 Å². The number of aliphatic carboxylic acids is 1. The molecule has 1 saturated carbocycles. The second kappa shape index (κ2) is 5.03. The van der Waals surface area contributed by atoms with Gasteiger partial charge in [-0.2, -0.15) is 0 Å². The van der Waals surface area contributed by atoms with Crippen LogP contribution < -0.4 is 5.32 Å². The second-order valence-corrected chi connectivity index (χ2v) is 4.49. The first-order valence-electron chi connectivity index (χ1n) is 5.79. The molecule has 0 bridgehead atoms. The van der Waals surface area contributed by atoms with Crippen LogP contribution in [0.4, 0.5) is 11.4 Å². The van der Waals surface area contributed by atoms with Crippen LogP contribution in [0.25, 0.3) is 0 Å². The lowest BCUT2D eigenvalue weighted by molar-refractivity contribution is -0.384. The Morgan fingerprint density at radius 2 is 2.28 bits per heavy atom. The first-order chi connectivity index (χ1) is 8.56. The number of nitro groups is 1. The van der Waals surface area contributed by atoms with E-state index in [1.165, 1.54) is 12.1 Å². The Kier molecular flexibility index (Phi) is 3.45. The van der Waals surface area contributed by atoms with Gasteiger partial charge in [0.15, 0.2) is 0 Å². The second-order valence-electron chi connectivity index (χ2n) is 4.49. The summed E-state index contributed by atoms with van der Waals surface area (Å²) in [4.78, 5) is 20.9. The number of nitro benzene ring substituents is 1. The first-order valence-corrected chi connectivity index (χ1v) is 5.79. The normalized spacial score (nSPS) is 16.0. The van der Waals surface area contributed by atoms with Crippen molar-refractivity contribution in [3.63, 3.8) is 0 Å². The Labute approximate surface area is 104 Å². The molecule has 6 nitrogen and oxygen atoms in total. The van der Waals surface area contributed by atoms with Crippen molar-refractivity contribution in [3.8, 4) is 0 Å². The average Bonchev–Trinajstić information content (AvgIpc) is 3.11. The molecule has 96 valence electrons. The molecule has 0 aromatic heterocycles. The summed E-state index contributed by atoms with van der Waals surface area (Å²) in [6, 6.07) is 5.99. The Morgan fingerprint density at radius 3 is 2.83 bits per heavy atom. The minimum atomic E-state index is -0.857. The number of carboxylic acid groups (broad SMARTS) is 1. The maximum Gasteiger partial charge on any atom is 0.305 e. The van der Waals surface area contributed by atoms with E-state index in [0.717, 1.165) is 12.8 Å². The van der Waals surface area contributed by atoms with E-state index in [2.05, 4.69) is 5.32 Å². The lowest BCUT2D eigenvalue weighted by Crippen LogP contribution is -2.25. The number of nitrogens with zero attached hydrogens (tertiary/aromatic N) is 1. The van der Waals surface area contributed by atoms with E-state index in [1.807, 2.05) is 0 Å². The molecule has 2 N–H and O–H groups in total. The highest BCUT2D eigenvalue weighted by Gasteiger charge is 2.32. The van der Waals surface area contributed by atoms with E-state index < -0.39 is 10.9 Å². The van der Waals surface area contributed by atoms with Crippen LogP contribution in [0.5, 0.6) is 0 Å². The summed E-state index contributed by atoms with van der Waals surface area (Å²) >= 11 is 0. The zero-order chi connectivity index (χ0) is 13.1. The zero-order valence-electron chi connectivity index (χ0n) is 9.70. The Bertz CT molecular complexity index is 471. The molecule has 0 radical (unpaired) electrons. The average molecular weight is 250 g/mol. The van der Waals surface area contributed by atoms with Gasteiger partial charge in [-0.1, -0.05) is 6.07 Å². The first kappa shape index (κ1) is 12.3. The smallest absolute Gasteiger partial charge is 0.305 e. The molecule has 18 heavy (non-hydrogen) atoms. The Hall–Kier alpha value is -2.11. The molecular formula is C12H14N2O4. The highest BCUT2D eigenvalue weighted by atomic mass is 16.6. The van der Waals surface area contributed by atoms with Gasteiger partial charge in [0, 0.05) is 23.9 Å². The summed E-state index contributed by atoms with van der Waals surface area (Å²) < 4.78 is 0. The largest absolute Gasteiger partial charge is 0.481 e.